The van der Waals surface area contributed by atoms with Crippen LogP contribution in [-0.4, -0.2) is 25.3 Å². The van der Waals surface area contributed by atoms with Gasteiger partial charge in [-0.15, -0.1) is 0 Å². The maximum Gasteiger partial charge on any atom is 0.189 e. The van der Waals surface area contributed by atoms with Crippen LogP contribution in [0, 0.1) is 13.8 Å². The number of nitrogens with zero attached hydrogens (tertiary/aromatic N) is 4. The van der Waals surface area contributed by atoms with E-state index in [9.17, 15) is 4.79 Å². The number of carbonyl (C=O) groups excluding carboxylic acids is 1. The molecule has 94 valence electrons. The van der Waals surface area contributed by atoms with Gasteiger partial charge >= 0.3 is 0 Å². The molecule has 0 aromatic carbocycles. The molecular formula is C13H16N4O. The summed E-state index contributed by atoms with van der Waals surface area (Å²) in [5.41, 5.74) is 3.24. The molecular weight excluding hydrogens is 228 g/mol. The lowest BCUT2D eigenvalue weighted by Gasteiger charge is -1.91. The Bertz CT molecular complexity index is 619. The fourth-order valence-electron chi connectivity index (χ4n) is 1.88. The average Bonchev–Trinajstić information content (AvgIpc) is 2.78. The van der Waals surface area contributed by atoms with Gasteiger partial charge in [-0.05, 0) is 26.0 Å². The highest BCUT2D eigenvalue weighted by atomic mass is 16.1. The number of aryl methyl sites for hydroxylation is 4. The molecule has 2 rings (SSSR count). The Morgan fingerprint density at radius 1 is 1.11 bits per heavy atom. The predicted molar refractivity (Wildman–Crippen MR) is 69.3 cm³/mol. The Labute approximate surface area is 106 Å². The molecule has 0 saturated heterocycles. The number of allylic oxidation sites excluding steroid dienone is 1. The number of hydrogen-bond donors (Lipinski definition) is 0. The zero-order chi connectivity index (χ0) is 13.3. The van der Waals surface area contributed by atoms with Gasteiger partial charge in [0.1, 0.15) is 0 Å². The Kier molecular flexibility index (Phi) is 3.14. The molecule has 0 spiro atoms. The highest BCUT2D eigenvalue weighted by Gasteiger charge is 2.09. The second-order valence-electron chi connectivity index (χ2n) is 4.34. The normalized spacial score (nSPS) is 11.3. The third kappa shape index (κ3) is 2.40. The highest BCUT2D eigenvalue weighted by molar-refractivity contribution is 6.07. The van der Waals surface area contributed by atoms with Gasteiger partial charge in [0.15, 0.2) is 5.78 Å². The molecule has 0 aliphatic carbocycles. The van der Waals surface area contributed by atoms with Gasteiger partial charge < -0.3 is 0 Å². The SMILES string of the molecule is Cc1nn(C)cc1C=CC(=O)c1cn(C)nc1C. The van der Waals surface area contributed by atoms with Crippen LogP contribution in [0.1, 0.15) is 27.3 Å². The molecule has 0 bridgehead atoms. The van der Waals surface area contributed by atoms with Crippen molar-refractivity contribution in [1.29, 1.82) is 0 Å². The molecule has 2 heterocycles. The van der Waals surface area contributed by atoms with Crippen molar-refractivity contribution in [2.75, 3.05) is 0 Å². The molecule has 0 fully saturated rings. The van der Waals surface area contributed by atoms with E-state index in [2.05, 4.69) is 10.2 Å². The van der Waals surface area contributed by atoms with E-state index < -0.39 is 0 Å². The predicted octanol–water partition coefficient (Wildman–Crippen LogP) is 1.67. The summed E-state index contributed by atoms with van der Waals surface area (Å²) in [4.78, 5) is 12.0. The topological polar surface area (TPSA) is 52.7 Å². The minimum absolute atomic E-state index is 0.0381. The summed E-state index contributed by atoms with van der Waals surface area (Å²) in [7, 11) is 3.66. The Morgan fingerprint density at radius 3 is 2.22 bits per heavy atom. The third-order valence-corrected chi connectivity index (χ3v) is 2.74. The van der Waals surface area contributed by atoms with Crippen LogP contribution in [-0.2, 0) is 14.1 Å². The fourth-order valence-corrected chi connectivity index (χ4v) is 1.88. The van der Waals surface area contributed by atoms with Crippen LogP contribution < -0.4 is 0 Å². The summed E-state index contributed by atoms with van der Waals surface area (Å²) in [6.45, 7) is 3.75. The van der Waals surface area contributed by atoms with E-state index >= 15 is 0 Å². The molecule has 0 unspecified atom stereocenters. The lowest BCUT2D eigenvalue weighted by molar-refractivity contribution is 0.104. The van der Waals surface area contributed by atoms with E-state index in [4.69, 9.17) is 0 Å². The van der Waals surface area contributed by atoms with Crippen molar-refractivity contribution in [1.82, 2.24) is 19.6 Å². The molecule has 0 aliphatic rings. The Balaban J connectivity index is 2.22. The molecule has 0 saturated carbocycles. The quantitative estimate of drug-likeness (QED) is 0.609. The minimum atomic E-state index is -0.0381. The Morgan fingerprint density at radius 2 is 1.72 bits per heavy atom. The molecule has 2 aromatic heterocycles. The van der Waals surface area contributed by atoms with Crippen molar-refractivity contribution in [2.24, 2.45) is 14.1 Å². The van der Waals surface area contributed by atoms with E-state index in [1.54, 1.807) is 34.8 Å². The maximum absolute atomic E-state index is 12.0. The van der Waals surface area contributed by atoms with E-state index in [1.807, 2.05) is 27.1 Å². The van der Waals surface area contributed by atoms with Crippen LogP contribution in [0.15, 0.2) is 18.5 Å². The smallest absolute Gasteiger partial charge is 0.189 e. The van der Waals surface area contributed by atoms with Crippen molar-refractivity contribution in [2.45, 2.75) is 13.8 Å². The number of ketones is 1. The molecule has 18 heavy (non-hydrogen) atoms. The number of aromatic nitrogens is 4. The maximum atomic E-state index is 12.0. The van der Waals surface area contributed by atoms with Crippen molar-refractivity contribution in [3.05, 3.63) is 41.0 Å². The van der Waals surface area contributed by atoms with E-state index in [0.717, 1.165) is 17.0 Å². The molecule has 0 N–H and O–H groups in total. The van der Waals surface area contributed by atoms with E-state index in [0.29, 0.717) is 5.56 Å². The van der Waals surface area contributed by atoms with E-state index in [1.165, 1.54) is 0 Å². The van der Waals surface area contributed by atoms with Crippen LogP contribution in [0.4, 0.5) is 0 Å². The second-order valence-corrected chi connectivity index (χ2v) is 4.34. The summed E-state index contributed by atoms with van der Waals surface area (Å²) in [5, 5.41) is 8.38. The van der Waals surface area contributed by atoms with Crippen LogP contribution in [0.5, 0.6) is 0 Å². The standard InChI is InChI=1S/C13H16N4O/c1-9-11(7-16(3)14-9)5-6-13(18)12-8-17(4)15-10(12)2/h5-8H,1-4H3. The monoisotopic (exact) mass is 244 g/mol. The molecule has 0 radical (unpaired) electrons. The molecule has 0 aliphatic heterocycles. The first-order valence-corrected chi connectivity index (χ1v) is 5.70. The van der Waals surface area contributed by atoms with Crippen LogP contribution in [0.2, 0.25) is 0 Å². The average molecular weight is 244 g/mol. The number of hydrogen-bond acceptors (Lipinski definition) is 3. The zero-order valence-corrected chi connectivity index (χ0v) is 11.0. The molecule has 5 nitrogen and oxygen atoms in total. The van der Waals surface area contributed by atoms with E-state index in [-0.39, 0.29) is 5.78 Å². The van der Waals surface area contributed by atoms with Gasteiger partial charge in [-0.2, -0.15) is 10.2 Å². The molecule has 0 atom stereocenters. The lowest BCUT2D eigenvalue weighted by Crippen LogP contribution is -1.94. The molecule has 2 aromatic rings. The van der Waals surface area contributed by atoms with Gasteiger partial charge in [0, 0.05) is 32.1 Å². The fraction of sp³-hybridized carbons (Fsp3) is 0.308. The summed E-state index contributed by atoms with van der Waals surface area (Å²) < 4.78 is 3.38. The summed E-state index contributed by atoms with van der Waals surface area (Å²) in [6.07, 6.45) is 6.97. The largest absolute Gasteiger partial charge is 0.289 e. The number of carbonyl (C=O) groups is 1. The van der Waals surface area contributed by atoms with Gasteiger partial charge in [-0.3, -0.25) is 14.2 Å². The van der Waals surface area contributed by atoms with Crippen molar-refractivity contribution < 1.29 is 4.79 Å². The lowest BCUT2D eigenvalue weighted by atomic mass is 10.1. The van der Waals surface area contributed by atoms with Crippen molar-refractivity contribution in [3.8, 4) is 0 Å². The third-order valence-electron chi connectivity index (χ3n) is 2.74. The summed E-state index contributed by atoms with van der Waals surface area (Å²) in [6, 6.07) is 0. The zero-order valence-electron chi connectivity index (χ0n) is 11.0. The van der Waals surface area contributed by atoms with Crippen molar-refractivity contribution in [3.63, 3.8) is 0 Å². The van der Waals surface area contributed by atoms with Gasteiger partial charge in [-0.25, -0.2) is 0 Å². The second kappa shape index (κ2) is 4.60. The van der Waals surface area contributed by atoms with Crippen LogP contribution in [0.25, 0.3) is 6.08 Å². The van der Waals surface area contributed by atoms with Gasteiger partial charge in [-0.1, -0.05) is 0 Å². The van der Waals surface area contributed by atoms with Crippen molar-refractivity contribution >= 4 is 11.9 Å². The summed E-state index contributed by atoms with van der Waals surface area (Å²) in [5.74, 6) is -0.0381. The minimum Gasteiger partial charge on any atom is -0.289 e. The van der Waals surface area contributed by atoms with Gasteiger partial charge in [0.05, 0.1) is 17.0 Å². The molecule has 0 amide bonds. The first kappa shape index (κ1) is 12.3. The van der Waals surface area contributed by atoms with Crippen LogP contribution in [0.3, 0.4) is 0 Å². The van der Waals surface area contributed by atoms with Gasteiger partial charge in [0.2, 0.25) is 0 Å². The highest BCUT2D eigenvalue weighted by Crippen LogP contribution is 2.10. The van der Waals surface area contributed by atoms with Gasteiger partial charge in [0.25, 0.3) is 0 Å². The summed E-state index contributed by atoms with van der Waals surface area (Å²) >= 11 is 0. The Hall–Kier alpha value is -2.17. The first-order chi connectivity index (χ1) is 8.47. The number of rotatable bonds is 3. The molecule has 5 heteroatoms. The first-order valence-electron chi connectivity index (χ1n) is 5.70. The van der Waals surface area contributed by atoms with Crippen LogP contribution >= 0.6 is 0 Å².